The van der Waals surface area contributed by atoms with Crippen LogP contribution in [0.3, 0.4) is 0 Å². The molecule has 0 saturated heterocycles. The summed E-state index contributed by atoms with van der Waals surface area (Å²) in [6.45, 7) is 6.33. The third-order valence-corrected chi connectivity index (χ3v) is 5.25. The Kier molecular flexibility index (Phi) is 6.53. The van der Waals surface area contributed by atoms with Crippen LogP contribution in [0.1, 0.15) is 52.6 Å². The van der Waals surface area contributed by atoms with Gasteiger partial charge >= 0.3 is 0 Å². The van der Waals surface area contributed by atoms with Crippen LogP contribution in [0.25, 0.3) is 0 Å². The van der Waals surface area contributed by atoms with Crippen molar-refractivity contribution in [2.45, 2.75) is 26.2 Å². The van der Waals surface area contributed by atoms with Crippen LogP contribution in [0.15, 0.2) is 60.7 Å². The summed E-state index contributed by atoms with van der Waals surface area (Å²) in [5, 5.41) is 2.79. The number of benzene rings is 3. The molecule has 32 heavy (non-hydrogen) atoms. The number of carbonyl (C=O) groups is 2. The number of rotatable bonds is 6. The van der Waals surface area contributed by atoms with E-state index in [0.29, 0.717) is 22.6 Å². The first kappa shape index (κ1) is 22.9. The number of amides is 1. The van der Waals surface area contributed by atoms with E-state index in [2.05, 4.69) is 26.1 Å². The average Bonchev–Trinajstić information content (AvgIpc) is 2.79. The van der Waals surface area contributed by atoms with Gasteiger partial charge in [0.2, 0.25) is 0 Å². The summed E-state index contributed by atoms with van der Waals surface area (Å²) in [5.74, 6) is 0.274. The molecule has 0 bridgehead atoms. The number of nitrogens with two attached hydrogens (primary N) is 1. The Morgan fingerprint density at radius 1 is 0.812 bits per heavy atom. The predicted octanol–water partition coefficient (Wildman–Crippen LogP) is 5.07. The second-order valence-corrected chi connectivity index (χ2v) is 8.45. The topological polar surface area (TPSA) is 90.7 Å². The van der Waals surface area contributed by atoms with Crippen molar-refractivity contribution in [2.75, 3.05) is 25.3 Å². The molecule has 3 N–H and O–H groups in total. The number of nitrogens with one attached hydrogen (secondary N) is 1. The van der Waals surface area contributed by atoms with Crippen molar-refractivity contribution >= 4 is 23.1 Å². The fourth-order valence-electron chi connectivity index (χ4n) is 3.32. The number of anilines is 2. The van der Waals surface area contributed by atoms with Crippen LogP contribution in [0.2, 0.25) is 0 Å². The number of nitrogen functional groups attached to an aromatic ring is 1. The number of hydrogen-bond acceptors (Lipinski definition) is 5. The zero-order valence-electron chi connectivity index (χ0n) is 19.0. The lowest BCUT2D eigenvalue weighted by atomic mass is 9.86. The van der Waals surface area contributed by atoms with Gasteiger partial charge in [-0.1, -0.05) is 45.0 Å². The Balaban J connectivity index is 2.00. The molecular formula is C26H28N2O4. The standard InChI is InChI=1S/C26H28N2O4/c1-26(2,3)18-10-6-16(7-11-18)24(29)22-21(32-5)15-14-20(27)23(22)28-25(30)17-8-12-19(31-4)13-9-17/h6-15H,27H2,1-5H3,(H,28,30). The maximum absolute atomic E-state index is 13.5. The molecule has 0 aromatic heterocycles. The van der Waals surface area contributed by atoms with Gasteiger partial charge in [0.05, 0.1) is 31.2 Å². The number of ether oxygens (including phenoxy) is 2. The highest BCUT2D eigenvalue weighted by Gasteiger charge is 2.24. The zero-order chi connectivity index (χ0) is 23.5. The highest BCUT2D eigenvalue weighted by atomic mass is 16.5. The minimum atomic E-state index is -0.398. The molecule has 0 spiro atoms. The summed E-state index contributed by atoms with van der Waals surface area (Å²) in [6.07, 6.45) is 0. The van der Waals surface area contributed by atoms with Crippen LogP contribution in [-0.2, 0) is 5.41 Å². The minimum absolute atomic E-state index is 0.0338. The van der Waals surface area contributed by atoms with Gasteiger partial charge in [0.15, 0.2) is 5.78 Å². The first-order valence-electron chi connectivity index (χ1n) is 10.2. The van der Waals surface area contributed by atoms with E-state index in [1.165, 1.54) is 7.11 Å². The fraction of sp³-hybridized carbons (Fsp3) is 0.231. The second kappa shape index (κ2) is 9.14. The van der Waals surface area contributed by atoms with Crippen molar-refractivity contribution < 1.29 is 19.1 Å². The van der Waals surface area contributed by atoms with Crippen molar-refractivity contribution in [3.63, 3.8) is 0 Å². The summed E-state index contributed by atoms with van der Waals surface area (Å²) < 4.78 is 10.6. The molecule has 0 saturated carbocycles. The van der Waals surface area contributed by atoms with Crippen molar-refractivity contribution in [1.82, 2.24) is 0 Å². The van der Waals surface area contributed by atoms with E-state index in [9.17, 15) is 9.59 Å². The van der Waals surface area contributed by atoms with Crippen molar-refractivity contribution in [3.8, 4) is 11.5 Å². The number of methoxy groups -OCH3 is 2. The highest BCUT2D eigenvalue weighted by molar-refractivity contribution is 6.18. The highest BCUT2D eigenvalue weighted by Crippen LogP contribution is 2.35. The number of ketones is 1. The molecule has 0 unspecified atom stereocenters. The first-order chi connectivity index (χ1) is 15.2. The summed E-state index contributed by atoms with van der Waals surface area (Å²) >= 11 is 0. The number of hydrogen-bond donors (Lipinski definition) is 2. The molecule has 3 aromatic carbocycles. The van der Waals surface area contributed by atoms with Crippen LogP contribution >= 0.6 is 0 Å². The molecule has 166 valence electrons. The molecule has 0 atom stereocenters. The normalized spacial score (nSPS) is 11.0. The molecule has 1 amide bonds. The van der Waals surface area contributed by atoms with Crippen LogP contribution in [0.5, 0.6) is 11.5 Å². The molecule has 0 heterocycles. The first-order valence-corrected chi connectivity index (χ1v) is 10.2. The molecule has 6 heteroatoms. The van der Waals surface area contributed by atoms with E-state index in [-0.39, 0.29) is 28.1 Å². The van der Waals surface area contributed by atoms with Crippen LogP contribution in [0.4, 0.5) is 11.4 Å². The maximum atomic E-state index is 13.5. The Hall–Kier alpha value is -3.80. The molecule has 0 fully saturated rings. The minimum Gasteiger partial charge on any atom is -0.497 e. The monoisotopic (exact) mass is 432 g/mol. The summed E-state index contributed by atoms with van der Waals surface area (Å²) in [7, 11) is 3.03. The van der Waals surface area contributed by atoms with E-state index < -0.39 is 5.91 Å². The molecule has 0 radical (unpaired) electrons. The quantitative estimate of drug-likeness (QED) is 0.419. The van der Waals surface area contributed by atoms with Crippen molar-refractivity contribution in [1.29, 1.82) is 0 Å². The van der Waals surface area contributed by atoms with E-state index in [4.69, 9.17) is 15.2 Å². The predicted molar refractivity (Wildman–Crippen MR) is 127 cm³/mol. The average molecular weight is 433 g/mol. The molecule has 0 aliphatic heterocycles. The Bertz CT molecular complexity index is 1130. The van der Waals surface area contributed by atoms with E-state index in [1.54, 1.807) is 55.6 Å². The maximum Gasteiger partial charge on any atom is 0.255 e. The second-order valence-electron chi connectivity index (χ2n) is 8.45. The zero-order valence-corrected chi connectivity index (χ0v) is 19.0. The smallest absolute Gasteiger partial charge is 0.255 e. The molecule has 0 aliphatic carbocycles. The van der Waals surface area contributed by atoms with Gasteiger partial charge in [0.25, 0.3) is 5.91 Å². The fourth-order valence-corrected chi connectivity index (χ4v) is 3.32. The van der Waals surface area contributed by atoms with Crippen molar-refractivity contribution in [2.24, 2.45) is 0 Å². The van der Waals surface area contributed by atoms with E-state index in [1.807, 2.05) is 12.1 Å². The van der Waals surface area contributed by atoms with Gasteiger partial charge in [-0.2, -0.15) is 0 Å². The lowest BCUT2D eigenvalue weighted by molar-refractivity contribution is 0.102. The lowest BCUT2D eigenvalue weighted by Crippen LogP contribution is -2.18. The van der Waals surface area contributed by atoms with Gasteiger partial charge in [-0.05, 0) is 47.4 Å². The van der Waals surface area contributed by atoms with Crippen molar-refractivity contribution in [3.05, 3.63) is 82.9 Å². The Morgan fingerprint density at radius 2 is 1.41 bits per heavy atom. The van der Waals surface area contributed by atoms with Gasteiger partial charge in [0.1, 0.15) is 11.5 Å². The summed E-state index contributed by atoms with van der Waals surface area (Å²) in [6, 6.07) is 17.3. The van der Waals surface area contributed by atoms with Gasteiger partial charge in [-0.3, -0.25) is 9.59 Å². The SMILES string of the molecule is COc1ccc(C(=O)Nc2c(N)ccc(OC)c2C(=O)c2ccc(C(C)(C)C)cc2)cc1. The van der Waals surface area contributed by atoms with Crippen LogP contribution < -0.4 is 20.5 Å². The van der Waals surface area contributed by atoms with Gasteiger partial charge in [-0.15, -0.1) is 0 Å². The molecule has 0 aliphatic rings. The van der Waals surface area contributed by atoms with Gasteiger partial charge in [-0.25, -0.2) is 0 Å². The summed E-state index contributed by atoms with van der Waals surface area (Å²) in [4.78, 5) is 26.3. The Morgan fingerprint density at radius 3 is 1.94 bits per heavy atom. The third kappa shape index (κ3) is 4.75. The number of carbonyl (C=O) groups excluding carboxylic acids is 2. The van der Waals surface area contributed by atoms with Gasteiger partial charge in [0, 0.05) is 11.1 Å². The van der Waals surface area contributed by atoms with E-state index >= 15 is 0 Å². The molecule has 3 aromatic rings. The molecule has 3 rings (SSSR count). The largest absolute Gasteiger partial charge is 0.497 e. The summed E-state index contributed by atoms with van der Waals surface area (Å²) in [5.41, 5.74) is 8.82. The lowest BCUT2D eigenvalue weighted by Gasteiger charge is -2.20. The van der Waals surface area contributed by atoms with E-state index in [0.717, 1.165) is 5.56 Å². The Labute approximate surface area is 188 Å². The van der Waals surface area contributed by atoms with Gasteiger partial charge < -0.3 is 20.5 Å². The molecule has 6 nitrogen and oxygen atoms in total. The van der Waals surface area contributed by atoms with Crippen LogP contribution in [0, 0.1) is 0 Å². The molecular weight excluding hydrogens is 404 g/mol. The van der Waals surface area contributed by atoms with Crippen LogP contribution in [-0.4, -0.2) is 25.9 Å². The third-order valence-electron chi connectivity index (χ3n) is 5.25.